The molecule has 0 spiro atoms. The van der Waals surface area contributed by atoms with Gasteiger partial charge in [0, 0.05) is 0 Å². The minimum absolute atomic E-state index is 0.320. The fraction of sp³-hybridized carbons (Fsp3) is 0.235. The van der Waals surface area contributed by atoms with Gasteiger partial charge in [0.05, 0.1) is 14.2 Å². The lowest BCUT2D eigenvalue weighted by Crippen LogP contribution is -2.24. The SMILES string of the molecule is COC(=O)[C@]1(c2ccc(OC)cc2)O[C@@H]1c1ccccc1. The van der Waals surface area contributed by atoms with Crippen molar-refractivity contribution in [1.29, 1.82) is 0 Å². The van der Waals surface area contributed by atoms with E-state index in [0.29, 0.717) is 0 Å². The first kappa shape index (κ1) is 13.6. The van der Waals surface area contributed by atoms with E-state index in [4.69, 9.17) is 14.2 Å². The van der Waals surface area contributed by atoms with Crippen molar-refractivity contribution < 1.29 is 19.0 Å². The molecule has 1 fully saturated rings. The van der Waals surface area contributed by atoms with E-state index in [9.17, 15) is 4.79 Å². The predicted molar refractivity (Wildman–Crippen MR) is 77.0 cm³/mol. The molecule has 2 aromatic carbocycles. The molecule has 108 valence electrons. The second-order valence-corrected chi connectivity index (χ2v) is 4.86. The highest BCUT2D eigenvalue weighted by Crippen LogP contribution is 2.57. The summed E-state index contributed by atoms with van der Waals surface area (Å²) in [4.78, 5) is 12.3. The van der Waals surface area contributed by atoms with E-state index in [1.165, 1.54) is 7.11 Å². The Balaban J connectivity index is 1.98. The van der Waals surface area contributed by atoms with Crippen LogP contribution in [-0.4, -0.2) is 20.2 Å². The zero-order valence-electron chi connectivity index (χ0n) is 11.9. The summed E-state index contributed by atoms with van der Waals surface area (Å²) in [7, 11) is 2.98. The Morgan fingerprint density at radius 3 is 2.29 bits per heavy atom. The van der Waals surface area contributed by atoms with Crippen LogP contribution in [0.2, 0.25) is 0 Å². The van der Waals surface area contributed by atoms with Crippen molar-refractivity contribution in [3.05, 3.63) is 65.7 Å². The van der Waals surface area contributed by atoms with Crippen LogP contribution in [0.4, 0.5) is 0 Å². The topological polar surface area (TPSA) is 48.1 Å². The van der Waals surface area contributed by atoms with Crippen LogP contribution in [0.3, 0.4) is 0 Å². The lowest BCUT2D eigenvalue weighted by molar-refractivity contribution is -0.147. The molecule has 0 saturated carbocycles. The zero-order valence-corrected chi connectivity index (χ0v) is 11.9. The molecule has 1 saturated heterocycles. The van der Waals surface area contributed by atoms with Crippen LogP contribution in [0.15, 0.2) is 54.6 Å². The van der Waals surface area contributed by atoms with Gasteiger partial charge in [-0.2, -0.15) is 0 Å². The average Bonchev–Trinajstić information content (AvgIpc) is 3.32. The predicted octanol–water partition coefficient (Wildman–Crippen LogP) is 2.84. The van der Waals surface area contributed by atoms with Gasteiger partial charge >= 0.3 is 5.97 Å². The summed E-state index contributed by atoms with van der Waals surface area (Å²) >= 11 is 0. The van der Waals surface area contributed by atoms with Crippen molar-refractivity contribution >= 4 is 5.97 Å². The summed E-state index contributed by atoms with van der Waals surface area (Å²) in [5, 5.41) is 0. The summed E-state index contributed by atoms with van der Waals surface area (Å²) in [5.41, 5.74) is 0.672. The van der Waals surface area contributed by atoms with Gasteiger partial charge in [0.2, 0.25) is 5.60 Å². The molecule has 0 aliphatic carbocycles. The maximum Gasteiger partial charge on any atom is 0.346 e. The van der Waals surface area contributed by atoms with Crippen LogP contribution in [0.25, 0.3) is 0 Å². The third-order valence-corrected chi connectivity index (χ3v) is 3.73. The van der Waals surface area contributed by atoms with Crippen LogP contribution in [0, 0.1) is 0 Å². The summed E-state index contributed by atoms with van der Waals surface area (Å²) < 4.78 is 15.9. The van der Waals surface area contributed by atoms with Gasteiger partial charge in [-0.25, -0.2) is 4.79 Å². The number of ether oxygens (including phenoxy) is 3. The van der Waals surface area contributed by atoms with Crippen molar-refractivity contribution in [3.8, 4) is 5.75 Å². The first-order valence-electron chi connectivity index (χ1n) is 6.68. The smallest absolute Gasteiger partial charge is 0.346 e. The van der Waals surface area contributed by atoms with Crippen LogP contribution in [0.5, 0.6) is 5.75 Å². The average molecular weight is 284 g/mol. The Morgan fingerprint density at radius 2 is 1.71 bits per heavy atom. The number of benzene rings is 2. The van der Waals surface area contributed by atoms with Gasteiger partial charge in [0.1, 0.15) is 11.9 Å². The molecule has 4 heteroatoms. The molecule has 4 nitrogen and oxygen atoms in total. The van der Waals surface area contributed by atoms with E-state index in [2.05, 4.69) is 0 Å². The second-order valence-electron chi connectivity index (χ2n) is 4.86. The minimum atomic E-state index is -1.05. The lowest BCUT2D eigenvalue weighted by atomic mass is 9.91. The second kappa shape index (κ2) is 5.22. The maximum atomic E-state index is 12.3. The Bertz CT molecular complexity index is 636. The number of epoxide rings is 1. The standard InChI is InChI=1S/C17H16O4/c1-19-14-10-8-13(9-11-14)17(16(18)20-2)15(21-17)12-6-4-3-5-7-12/h3-11,15H,1-2H3/t15-,17-/m1/s1. The van der Waals surface area contributed by atoms with E-state index in [1.54, 1.807) is 7.11 Å². The highest BCUT2D eigenvalue weighted by molar-refractivity contribution is 5.85. The van der Waals surface area contributed by atoms with Crippen LogP contribution in [-0.2, 0) is 19.9 Å². The Hall–Kier alpha value is -2.33. The van der Waals surface area contributed by atoms with Gasteiger partial charge < -0.3 is 14.2 Å². The summed E-state index contributed by atoms with van der Waals surface area (Å²) in [6, 6.07) is 16.9. The van der Waals surface area contributed by atoms with E-state index in [0.717, 1.165) is 16.9 Å². The molecule has 1 aliphatic rings. The molecule has 2 atom stereocenters. The molecule has 1 heterocycles. The molecule has 3 rings (SSSR count). The third kappa shape index (κ3) is 2.17. The van der Waals surface area contributed by atoms with Gasteiger partial charge in [-0.3, -0.25) is 0 Å². The first-order valence-corrected chi connectivity index (χ1v) is 6.68. The number of methoxy groups -OCH3 is 2. The molecule has 0 aromatic heterocycles. The number of carbonyl (C=O) groups is 1. The minimum Gasteiger partial charge on any atom is -0.497 e. The number of hydrogen-bond donors (Lipinski definition) is 0. The van der Waals surface area contributed by atoms with E-state index < -0.39 is 5.60 Å². The molecule has 0 N–H and O–H groups in total. The van der Waals surface area contributed by atoms with Crippen molar-refractivity contribution in [2.24, 2.45) is 0 Å². The molecule has 21 heavy (non-hydrogen) atoms. The molecule has 0 unspecified atom stereocenters. The van der Waals surface area contributed by atoms with E-state index in [1.807, 2.05) is 54.6 Å². The first-order chi connectivity index (χ1) is 10.2. The van der Waals surface area contributed by atoms with Gasteiger partial charge in [-0.05, 0) is 23.3 Å². The number of rotatable bonds is 4. The maximum absolute atomic E-state index is 12.3. The highest BCUT2D eigenvalue weighted by Gasteiger charge is 2.65. The van der Waals surface area contributed by atoms with Crippen molar-refractivity contribution in [1.82, 2.24) is 0 Å². The molecule has 0 bridgehead atoms. The zero-order chi connectivity index (χ0) is 14.9. The summed E-state index contributed by atoms with van der Waals surface area (Å²) in [6.45, 7) is 0. The van der Waals surface area contributed by atoms with Crippen molar-refractivity contribution in [2.45, 2.75) is 11.7 Å². The number of carbonyl (C=O) groups excluding carboxylic acids is 1. The summed E-state index contributed by atoms with van der Waals surface area (Å²) in [6.07, 6.45) is -0.320. The lowest BCUT2D eigenvalue weighted by Gasteiger charge is -2.12. The third-order valence-electron chi connectivity index (χ3n) is 3.73. The van der Waals surface area contributed by atoms with Gasteiger partial charge in [0.25, 0.3) is 0 Å². The molecule has 0 radical (unpaired) electrons. The molecule has 0 amide bonds. The Morgan fingerprint density at radius 1 is 1.05 bits per heavy atom. The molecular formula is C17H16O4. The molecule has 1 aliphatic heterocycles. The van der Waals surface area contributed by atoms with E-state index in [-0.39, 0.29) is 12.1 Å². The van der Waals surface area contributed by atoms with E-state index >= 15 is 0 Å². The van der Waals surface area contributed by atoms with Crippen LogP contribution < -0.4 is 4.74 Å². The van der Waals surface area contributed by atoms with Crippen molar-refractivity contribution in [3.63, 3.8) is 0 Å². The van der Waals surface area contributed by atoms with Crippen molar-refractivity contribution in [2.75, 3.05) is 14.2 Å². The number of hydrogen-bond acceptors (Lipinski definition) is 4. The Kier molecular flexibility index (Phi) is 3.39. The number of esters is 1. The van der Waals surface area contributed by atoms with Crippen LogP contribution >= 0.6 is 0 Å². The van der Waals surface area contributed by atoms with Crippen LogP contribution in [0.1, 0.15) is 17.2 Å². The van der Waals surface area contributed by atoms with Gasteiger partial charge in [0.15, 0.2) is 0 Å². The monoisotopic (exact) mass is 284 g/mol. The highest BCUT2D eigenvalue weighted by atomic mass is 16.7. The van der Waals surface area contributed by atoms with Gasteiger partial charge in [-0.15, -0.1) is 0 Å². The summed E-state index contributed by atoms with van der Waals surface area (Å²) in [5.74, 6) is 0.345. The fourth-order valence-electron chi connectivity index (χ4n) is 2.57. The Labute approximate surface area is 123 Å². The molecular weight excluding hydrogens is 268 g/mol. The van der Waals surface area contributed by atoms with Gasteiger partial charge in [-0.1, -0.05) is 42.5 Å². The fourth-order valence-corrected chi connectivity index (χ4v) is 2.57. The largest absolute Gasteiger partial charge is 0.497 e. The normalized spacial score (nSPS) is 23.4. The quantitative estimate of drug-likeness (QED) is 0.640. The molecule has 2 aromatic rings.